The van der Waals surface area contributed by atoms with E-state index in [1.165, 1.54) is 4.90 Å². The van der Waals surface area contributed by atoms with Gasteiger partial charge in [0.2, 0.25) is 22.7 Å². The number of carbonyl (C=O) groups excluding carboxylic acids is 4. The first-order chi connectivity index (χ1) is 22.0. The molecule has 0 bridgehead atoms. The van der Waals surface area contributed by atoms with Crippen molar-refractivity contribution < 1.29 is 41.8 Å². The highest BCUT2D eigenvalue weighted by atomic mass is 32.2. The summed E-state index contributed by atoms with van der Waals surface area (Å²) >= 11 is 0. The highest BCUT2D eigenvalue weighted by Gasteiger charge is 2.62. The topological polar surface area (TPSA) is 164 Å². The molecule has 4 atom stereocenters. The Hall–Kier alpha value is -4.01. The number of hydrogen-bond acceptors (Lipinski definition) is 9. The van der Waals surface area contributed by atoms with E-state index in [2.05, 4.69) is 10.0 Å². The third kappa shape index (κ3) is 5.84. The van der Waals surface area contributed by atoms with Crippen molar-refractivity contribution in [1.82, 2.24) is 24.7 Å². The maximum absolute atomic E-state index is 13.9. The lowest BCUT2D eigenvalue weighted by Gasteiger charge is -2.30. The van der Waals surface area contributed by atoms with Gasteiger partial charge in [-0.05, 0) is 61.8 Å². The van der Waals surface area contributed by atoms with E-state index in [0.717, 1.165) is 36.8 Å². The summed E-state index contributed by atoms with van der Waals surface area (Å²) in [6, 6.07) is 2.31. The van der Waals surface area contributed by atoms with Gasteiger partial charge in [-0.1, -0.05) is 18.6 Å². The number of hydrogen-bond donors (Lipinski definition) is 2. The van der Waals surface area contributed by atoms with E-state index >= 15 is 0 Å². The molecule has 14 nitrogen and oxygen atoms in total. The van der Waals surface area contributed by atoms with Crippen LogP contribution in [-0.4, -0.2) is 96.9 Å². The number of fused-ring (bicyclic) bond motifs is 4. The number of ether oxygens (including phenoxy) is 3. The minimum absolute atomic E-state index is 0.00233. The summed E-state index contributed by atoms with van der Waals surface area (Å²) in [6.45, 7) is 1.30. The number of sulfonamides is 1. The summed E-state index contributed by atoms with van der Waals surface area (Å²) in [5, 5.41) is 2.24. The summed E-state index contributed by atoms with van der Waals surface area (Å²) in [4.78, 5) is 58.8. The van der Waals surface area contributed by atoms with Crippen LogP contribution < -0.4 is 19.5 Å². The van der Waals surface area contributed by atoms with Gasteiger partial charge in [-0.25, -0.2) is 18.0 Å². The zero-order valence-corrected chi connectivity index (χ0v) is 26.6. The van der Waals surface area contributed by atoms with Crippen molar-refractivity contribution in [1.29, 1.82) is 0 Å². The number of carbonyl (C=O) groups is 4. The fraction of sp³-hybridized carbons (Fsp3) is 0.613. The largest absolute Gasteiger partial charge is 0.454 e. The highest BCUT2D eigenvalue weighted by Crippen LogP contribution is 2.46. The first kappa shape index (κ1) is 30.6. The Bertz CT molecular complexity index is 1560. The predicted molar refractivity (Wildman–Crippen MR) is 162 cm³/mol. The Labute approximate surface area is 267 Å². The number of urea groups is 1. The van der Waals surface area contributed by atoms with E-state index in [1.807, 2.05) is 24.3 Å². The smallest absolute Gasteiger partial charge is 0.410 e. The van der Waals surface area contributed by atoms with Crippen LogP contribution in [0.3, 0.4) is 0 Å². The molecule has 2 N–H and O–H groups in total. The van der Waals surface area contributed by atoms with Crippen molar-refractivity contribution in [3.63, 3.8) is 0 Å². The summed E-state index contributed by atoms with van der Waals surface area (Å²) in [6.07, 6.45) is 7.10. The number of allylic oxidation sites excluding steroid dienone is 1. The van der Waals surface area contributed by atoms with Crippen molar-refractivity contribution in [2.75, 3.05) is 26.9 Å². The lowest BCUT2D eigenvalue weighted by Crippen LogP contribution is -2.57. The minimum atomic E-state index is -3.84. The van der Waals surface area contributed by atoms with Gasteiger partial charge in [0.1, 0.15) is 17.7 Å². The van der Waals surface area contributed by atoms with Crippen LogP contribution in [0.15, 0.2) is 24.3 Å². The molecular weight excluding hydrogens is 618 g/mol. The Morgan fingerprint density at radius 2 is 1.78 bits per heavy atom. The van der Waals surface area contributed by atoms with Gasteiger partial charge in [-0.15, -0.1) is 0 Å². The average Bonchev–Trinajstić information content (AvgIpc) is 3.83. The first-order valence-corrected chi connectivity index (χ1v) is 17.5. The monoisotopic (exact) mass is 657 g/mol. The minimum Gasteiger partial charge on any atom is -0.454 e. The summed E-state index contributed by atoms with van der Waals surface area (Å²) < 4.78 is 44.3. The second-order valence-electron chi connectivity index (χ2n) is 13.2. The van der Waals surface area contributed by atoms with Crippen LogP contribution in [0.1, 0.15) is 62.5 Å². The van der Waals surface area contributed by atoms with Crippen molar-refractivity contribution in [2.24, 2.45) is 5.92 Å². The van der Waals surface area contributed by atoms with Crippen molar-refractivity contribution >= 4 is 34.0 Å². The molecule has 0 spiro atoms. The SMILES string of the molecule is CN1CCCCC/C=C\[C@@H]2C[C@@]2(C(=O)NS(=O)(=O)C2CC2)NC(=O)[C@@H]2CC(OC(=O)N3Cc4cc5c(cc4C3)OCO5)CN2C1=O. The van der Waals surface area contributed by atoms with E-state index in [4.69, 9.17) is 14.2 Å². The van der Waals surface area contributed by atoms with Crippen LogP contribution in [0, 0.1) is 5.92 Å². The molecule has 0 aromatic heterocycles. The molecule has 15 heteroatoms. The first-order valence-electron chi connectivity index (χ1n) is 16.0. The second kappa shape index (κ2) is 11.7. The van der Waals surface area contributed by atoms with E-state index in [1.54, 1.807) is 16.8 Å². The lowest BCUT2D eigenvalue weighted by molar-refractivity contribution is -0.131. The second-order valence-corrected chi connectivity index (χ2v) is 15.1. The normalized spacial score (nSPS) is 29.9. The molecule has 1 unspecified atom stereocenters. The number of amides is 5. The van der Waals surface area contributed by atoms with Gasteiger partial charge in [-0.3, -0.25) is 19.2 Å². The molecule has 2 aliphatic carbocycles. The summed E-state index contributed by atoms with van der Waals surface area (Å²) in [5.74, 6) is -0.473. The molecule has 4 aliphatic heterocycles. The molecule has 3 fully saturated rings. The zero-order valence-electron chi connectivity index (χ0n) is 25.7. The van der Waals surface area contributed by atoms with Crippen LogP contribution in [-0.2, 0) is 37.4 Å². The Morgan fingerprint density at radius 1 is 1.07 bits per heavy atom. The van der Waals surface area contributed by atoms with Crippen molar-refractivity contribution in [2.45, 2.75) is 87.4 Å². The molecular formula is C31H39N5O9S. The molecule has 1 aromatic carbocycles. The van der Waals surface area contributed by atoms with Gasteiger partial charge in [0.25, 0.3) is 5.91 Å². The number of benzene rings is 1. The Balaban J connectivity index is 1.08. The number of rotatable bonds is 4. The van der Waals surface area contributed by atoms with E-state index in [0.29, 0.717) is 44.0 Å². The fourth-order valence-corrected chi connectivity index (χ4v) is 8.17. The van der Waals surface area contributed by atoms with Crippen LogP contribution in [0.2, 0.25) is 0 Å². The molecule has 5 amide bonds. The zero-order chi connectivity index (χ0) is 32.2. The molecule has 1 saturated heterocycles. The standard InChI is InChI=1S/C31H39N5O9S/c1-34-10-6-4-2-3-5-7-21-14-31(21,28(38)33-46(41,42)23-8-9-23)32-27(37)24-13-22(17-36(24)29(34)39)45-30(40)35-15-19-11-25-26(44-18-43-25)12-20(19)16-35/h5,7,11-12,21-24H,2-4,6,8-10,13-18H2,1H3,(H,32,37)(H,33,38)/b7-5-/t21-,22?,24+,31-/m1/s1. The van der Waals surface area contributed by atoms with Crippen LogP contribution in [0.5, 0.6) is 11.5 Å². The van der Waals surface area contributed by atoms with Gasteiger partial charge in [0, 0.05) is 39.0 Å². The number of nitrogens with one attached hydrogen (secondary N) is 2. The fourth-order valence-electron chi connectivity index (χ4n) is 6.81. The molecule has 2 saturated carbocycles. The molecule has 4 heterocycles. The number of nitrogens with zero attached hydrogens (tertiary/aromatic N) is 3. The lowest BCUT2D eigenvalue weighted by atomic mass is 10.1. The van der Waals surface area contributed by atoms with Gasteiger partial charge >= 0.3 is 12.1 Å². The van der Waals surface area contributed by atoms with Crippen molar-refractivity contribution in [3.05, 3.63) is 35.4 Å². The molecule has 1 aromatic rings. The summed E-state index contributed by atoms with van der Waals surface area (Å²) in [7, 11) is -2.16. The van der Waals surface area contributed by atoms with E-state index in [-0.39, 0.29) is 38.1 Å². The third-order valence-electron chi connectivity index (χ3n) is 9.78. The quantitative estimate of drug-likeness (QED) is 0.461. The maximum Gasteiger partial charge on any atom is 0.410 e. The van der Waals surface area contributed by atoms with Crippen molar-refractivity contribution in [3.8, 4) is 11.5 Å². The van der Waals surface area contributed by atoms with E-state index < -0.39 is 50.9 Å². The highest BCUT2D eigenvalue weighted by molar-refractivity contribution is 7.91. The van der Waals surface area contributed by atoms with Gasteiger partial charge in [0.05, 0.1) is 11.8 Å². The summed E-state index contributed by atoms with van der Waals surface area (Å²) in [5.41, 5.74) is 0.411. The molecule has 46 heavy (non-hydrogen) atoms. The average molecular weight is 658 g/mol. The molecule has 0 radical (unpaired) electrons. The molecule has 248 valence electrons. The molecule has 6 aliphatic rings. The van der Waals surface area contributed by atoms with Gasteiger partial charge in [-0.2, -0.15) is 0 Å². The van der Waals surface area contributed by atoms with E-state index in [9.17, 15) is 27.6 Å². The van der Waals surface area contributed by atoms with Crippen LogP contribution in [0.25, 0.3) is 0 Å². The van der Waals surface area contributed by atoms with Gasteiger partial charge in [0.15, 0.2) is 11.5 Å². The molecule has 7 rings (SSSR count). The van der Waals surface area contributed by atoms with Crippen LogP contribution >= 0.6 is 0 Å². The Morgan fingerprint density at radius 3 is 2.48 bits per heavy atom. The Kier molecular flexibility index (Phi) is 7.76. The third-order valence-corrected chi connectivity index (χ3v) is 11.6. The van der Waals surface area contributed by atoms with Crippen LogP contribution in [0.4, 0.5) is 9.59 Å². The van der Waals surface area contributed by atoms with Gasteiger partial charge < -0.3 is 29.3 Å². The maximum atomic E-state index is 13.9. The predicted octanol–water partition coefficient (Wildman–Crippen LogP) is 1.98.